The summed E-state index contributed by atoms with van der Waals surface area (Å²) in [7, 11) is 1.56. The number of likely N-dealkylation sites (N-methyl/N-ethyl adjacent to an activating group) is 1. The van der Waals surface area contributed by atoms with Crippen LogP contribution >= 0.6 is 11.8 Å². The Morgan fingerprint density at radius 3 is 2.92 bits per heavy atom. The molecule has 0 aromatic carbocycles. The number of thioether (sulfide) groups is 1. The lowest BCUT2D eigenvalue weighted by Gasteiger charge is -2.15. The van der Waals surface area contributed by atoms with Crippen molar-refractivity contribution in [2.24, 2.45) is 0 Å². The summed E-state index contributed by atoms with van der Waals surface area (Å²) in [6, 6.07) is 5.50. The van der Waals surface area contributed by atoms with Gasteiger partial charge in [0, 0.05) is 20.1 Å². The van der Waals surface area contributed by atoms with Gasteiger partial charge in [-0.1, -0.05) is 11.8 Å². The molecule has 2 rings (SSSR count). The number of hydrogen-bond donors (Lipinski definition) is 0. The Kier molecular flexibility index (Phi) is 7.23. The van der Waals surface area contributed by atoms with Gasteiger partial charge in [0.15, 0.2) is 23.3 Å². The summed E-state index contributed by atoms with van der Waals surface area (Å²) in [5, 5.41) is 17.2. The predicted octanol–water partition coefficient (Wildman–Crippen LogP) is 1.57. The normalized spacial score (nSPS) is 10.3. The average Bonchev–Trinajstić information content (AvgIpc) is 3.30. The molecule has 9 nitrogen and oxygen atoms in total. The van der Waals surface area contributed by atoms with Crippen LogP contribution in [-0.4, -0.2) is 57.5 Å². The molecule has 0 saturated heterocycles. The molecule has 2 aromatic rings. The fraction of sp³-hybridized carbons (Fsp3) is 0.438. The zero-order chi connectivity index (χ0) is 18.9. The maximum Gasteiger partial charge on any atom is 0.316 e. The van der Waals surface area contributed by atoms with Gasteiger partial charge in [-0.25, -0.2) is 0 Å². The number of esters is 1. The maximum atomic E-state index is 11.9. The fourth-order valence-corrected chi connectivity index (χ4v) is 2.83. The quantitative estimate of drug-likeness (QED) is 0.478. The second-order valence-electron chi connectivity index (χ2n) is 5.20. The van der Waals surface area contributed by atoms with Gasteiger partial charge in [0.05, 0.1) is 24.5 Å². The number of furan rings is 1. The lowest BCUT2D eigenvalue weighted by atomic mass is 10.4. The van der Waals surface area contributed by atoms with Crippen molar-refractivity contribution in [3.05, 3.63) is 18.4 Å². The molecule has 1 amide bonds. The predicted molar refractivity (Wildman–Crippen MR) is 92.9 cm³/mol. The van der Waals surface area contributed by atoms with Crippen LogP contribution in [0.4, 0.5) is 0 Å². The molecule has 0 spiro atoms. The number of nitriles is 1. The summed E-state index contributed by atoms with van der Waals surface area (Å²) < 4.78 is 12.1. The van der Waals surface area contributed by atoms with Crippen molar-refractivity contribution in [3.8, 4) is 17.7 Å². The van der Waals surface area contributed by atoms with Crippen molar-refractivity contribution < 1.29 is 18.7 Å². The molecule has 2 heterocycles. The number of ether oxygens (including phenoxy) is 1. The highest BCUT2D eigenvalue weighted by atomic mass is 32.2. The Hall–Kier alpha value is -2.80. The van der Waals surface area contributed by atoms with Crippen molar-refractivity contribution in [2.75, 3.05) is 26.0 Å². The molecule has 0 N–H and O–H groups in total. The van der Waals surface area contributed by atoms with Gasteiger partial charge in [-0.15, -0.1) is 10.2 Å². The molecule has 0 radical (unpaired) electrons. The van der Waals surface area contributed by atoms with Crippen LogP contribution in [0.3, 0.4) is 0 Å². The minimum atomic E-state index is -0.526. The standard InChI is InChI=1S/C16H19N5O4S/c1-3-21-15(12-6-4-9-24-12)18-19-16(21)26-11-14(23)25-10-13(22)20(2)8-5-7-17/h4,6,9H,3,5,8,10-11H2,1-2H3. The van der Waals surface area contributed by atoms with Crippen LogP contribution in [0.1, 0.15) is 13.3 Å². The first kappa shape index (κ1) is 19.5. The van der Waals surface area contributed by atoms with Crippen LogP contribution < -0.4 is 0 Å². The molecule has 0 aliphatic rings. The van der Waals surface area contributed by atoms with E-state index in [9.17, 15) is 9.59 Å². The maximum absolute atomic E-state index is 11.9. The van der Waals surface area contributed by atoms with Crippen molar-refractivity contribution in [2.45, 2.75) is 25.0 Å². The molecule has 0 atom stereocenters. The second kappa shape index (κ2) is 9.62. The van der Waals surface area contributed by atoms with Gasteiger partial charge in [-0.3, -0.25) is 14.2 Å². The van der Waals surface area contributed by atoms with E-state index >= 15 is 0 Å². The van der Waals surface area contributed by atoms with Crippen molar-refractivity contribution in [1.82, 2.24) is 19.7 Å². The number of rotatable bonds is 9. The van der Waals surface area contributed by atoms with Crippen molar-refractivity contribution in [3.63, 3.8) is 0 Å². The van der Waals surface area contributed by atoms with E-state index in [1.807, 2.05) is 17.6 Å². The molecule has 0 bridgehead atoms. The van der Waals surface area contributed by atoms with Crippen molar-refractivity contribution >= 4 is 23.6 Å². The molecule has 0 aliphatic carbocycles. The number of carbonyl (C=O) groups is 2. The Morgan fingerprint density at radius 2 is 2.27 bits per heavy atom. The highest BCUT2D eigenvalue weighted by Crippen LogP contribution is 2.24. The summed E-state index contributed by atoms with van der Waals surface area (Å²) in [5.74, 6) is 0.311. The Bertz CT molecular complexity index is 781. The number of carbonyl (C=O) groups excluding carboxylic acids is 2. The lowest BCUT2D eigenvalue weighted by Crippen LogP contribution is -2.32. The summed E-state index contributed by atoms with van der Waals surface area (Å²) >= 11 is 1.18. The van der Waals surface area contributed by atoms with Gasteiger partial charge in [0.2, 0.25) is 0 Å². The zero-order valence-corrected chi connectivity index (χ0v) is 15.4. The molecular formula is C16H19N5O4S. The minimum Gasteiger partial charge on any atom is -0.461 e. The van der Waals surface area contributed by atoms with Gasteiger partial charge >= 0.3 is 5.97 Å². The Labute approximate surface area is 154 Å². The van der Waals surface area contributed by atoms with Gasteiger partial charge < -0.3 is 14.1 Å². The number of amides is 1. The highest BCUT2D eigenvalue weighted by molar-refractivity contribution is 7.99. The van der Waals surface area contributed by atoms with Crippen LogP contribution in [0.25, 0.3) is 11.6 Å². The molecule has 0 unspecified atom stereocenters. The van der Waals surface area contributed by atoms with Gasteiger partial charge in [-0.05, 0) is 19.1 Å². The molecule has 0 fully saturated rings. The first-order valence-electron chi connectivity index (χ1n) is 7.93. The molecule has 138 valence electrons. The van der Waals surface area contributed by atoms with Crippen LogP contribution in [-0.2, 0) is 20.9 Å². The summed E-state index contributed by atoms with van der Waals surface area (Å²) in [6.07, 6.45) is 1.79. The molecule has 10 heteroatoms. The van der Waals surface area contributed by atoms with Gasteiger partial charge in [0.1, 0.15) is 0 Å². The Morgan fingerprint density at radius 1 is 1.46 bits per heavy atom. The van der Waals surface area contributed by atoms with E-state index in [4.69, 9.17) is 14.4 Å². The molecule has 0 saturated carbocycles. The topological polar surface area (TPSA) is 114 Å². The molecule has 0 aliphatic heterocycles. The number of nitrogens with zero attached hydrogens (tertiary/aromatic N) is 5. The first-order chi connectivity index (χ1) is 12.6. The monoisotopic (exact) mass is 377 g/mol. The molecule has 2 aromatic heterocycles. The third-order valence-corrected chi connectivity index (χ3v) is 4.38. The SMILES string of the molecule is CCn1c(SCC(=O)OCC(=O)N(C)CCC#N)nnc1-c1ccco1. The Balaban J connectivity index is 1.84. The van der Waals surface area contributed by atoms with E-state index in [1.165, 1.54) is 16.7 Å². The number of hydrogen-bond acceptors (Lipinski definition) is 8. The van der Waals surface area contributed by atoms with E-state index < -0.39 is 5.97 Å². The van der Waals surface area contributed by atoms with Crippen LogP contribution in [0.5, 0.6) is 0 Å². The van der Waals surface area contributed by atoms with Crippen molar-refractivity contribution in [1.29, 1.82) is 5.26 Å². The first-order valence-corrected chi connectivity index (χ1v) is 8.91. The largest absolute Gasteiger partial charge is 0.461 e. The van der Waals surface area contributed by atoms with Crippen LogP contribution in [0.2, 0.25) is 0 Å². The highest BCUT2D eigenvalue weighted by Gasteiger charge is 2.17. The second-order valence-corrected chi connectivity index (χ2v) is 6.14. The third-order valence-electron chi connectivity index (χ3n) is 3.44. The summed E-state index contributed by atoms with van der Waals surface area (Å²) in [6.45, 7) is 2.51. The van der Waals surface area contributed by atoms with Gasteiger partial charge in [-0.2, -0.15) is 5.26 Å². The summed E-state index contributed by atoms with van der Waals surface area (Å²) in [5.41, 5.74) is 0. The third kappa shape index (κ3) is 5.10. The van der Waals surface area contributed by atoms with E-state index in [0.717, 1.165) is 0 Å². The lowest BCUT2D eigenvalue weighted by molar-refractivity contribution is -0.149. The average molecular weight is 377 g/mol. The number of aromatic nitrogens is 3. The van der Waals surface area contributed by atoms with Crippen LogP contribution in [0, 0.1) is 11.3 Å². The van der Waals surface area contributed by atoms with Crippen LogP contribution in [0.15, 0.2) is 28.0 Å². The molecule has 26 heavy (non-hydrogen) atoms. The minimum absolute atomic E-state index is 0.00543. The van der Waals surface area contributed by atoms with E-state index in [2.05, 4.69) is 10.2 Å². The fourth-order valence-electron chi connectivity index (χ4n) is 2.03. The van der Waals surface area contributed by atoms with E-state index in [0.29, 0.717) is 29.8 Å². The smallest absolute Gasteiger partial charge is 0.316 e. The molecular weight excluding hydrogens is 358 g/mol. The van der Waals surface area contributed by atoms with E-state index in [-0.39, 0.29) is 24.7 Å². The van der Waals surface area contributed by atoms with Gasteiger partial charge in [0.25, 0.3) is 5.91 Å². The van der Waals surface area contributed by atoms with E-state index in [1.54, 1.807) is 25.4 Å². The zero-order valence-electron chi connectivity index (χ0n) is 14.5. The summed E-state index contributed by atoms with van der Waals surface area (Å²) in [4.78, 5) is 25.0.